The smallest absolute Gasteiger partial charge is 0.264 e. The van der Waals surface area contributed by atoms with Crippen molar-refractivity contribution in [2.45, 2.75) is 26.2 Å². The number of para-hydroxylation sites is 1. The second-order valence-corrected chi connectivity index (χ2v) is 6.60. The molecular weight excluding hydrogens is 316 g/mol. The number of nitrogens with zero attached hydrogens (tertiary/aromatic N) is 1. The summed E-state index contributed by atoms with van der Waals surface area (Å²) in [4.78, 5) is 24.0. The Morgan fingerprint density at radius 3 is 2.32 bits per heavy atom. The van der Waals surface area contributed by atoms with Crippen LogP contribution in [0.25, 0.3) is 0 Å². The Hall–Kier alpha value is -3.13. The van der Waals surface area contributed by atoms with Gasteiger partial charge in [0.05, 0.1) is 5.56 Å². The molecule has 2 aromatic carbocycles. The van der Waals surface area contributed by atoms with Crippen molar-refractivity contribution in [1.82, 2.24) is 5.32 Å². The first kappa shape index (κ1) is 18.2. The standard InChI is InChI=1S/C20H20N2O3/c1-20(2,3)16-10-8-14(9-11-16)19(24)22-18(23)13-25-17-7-5-4-6-15(17)12-21/h4-11H,13H2,1-3H3,(H,22,23,24). The van der Waals surface area contributed by atoms with Crippen molar-refractivity contribution in [2.75, 3.05) is 6.61 Å². The number of nitriles is 1. The lowest BCUT2D eigenvalue weighted by atomic mass is 9.87. The first-order valence-corrected chi connectivity index (χ1v) is 7.88. The fraction of sp³-hybridized carbons (Fsp3) is 0.250. The van der Waals surface area contributed by atoms with Gasteiger partial charge in [-0.15, -0.1) is 0 Å². The van der Waals surface area contributed by atoms with Gasteiger partial charge in [-0.05, 0) is 35.2 Å². The van der Waals surface area contributed by atoms with Crippen LogP contribution >= 0.6 is 0 Å². The molecule has 0 saturated carbocycles. The number of hydrogen-bond acceptors (Lipinski definition) is 4. The average Bonchev–Trinajstić information content (AvgIpc) is 2.59. The molecule has 5 nitrogen and oxygen atoms in total. The number of amides is 2. The van der Waals surface area contributed by atoms with E-state index in [-0.39, 0.29) is 12.0 Å². The van der Waals surface area contributed by atoms with Crippen molar-refractivity contribution in [2.24, 2.45) is 0 Å². The van der Waals surface area contributed by atoms with Crippen LogP contribution in [0.4, 0.5) is 0 Å². The van der Waals surface area contributed by atoms with Crippen molar-refractivity contribution < 1.29 is 14.3 Å². The van der Waals surface area contributed by atoms with Crippen LogP contribution in [-0.2, 0) is 10.2 Å². The molecule has 2 aromatic rings. The predicted octanol–water partition coefficient (Wildman–Crippen LogP) is 3.19. The van der Waals surface area contributed by atoms with Gasteiger partial charge < -0.3 is 4.74 Å². The number of rotatable bonds is 4. The quantitative estimate of drug-likeness (QED) is 0.930. The third-order valence-electron chi connectivity index (χ3n) is 3.63. The van der Waals surface area contributed by atoms with Crippen LogP contribution in [0.15, 0.2) is 48.5 Å². The molecule has 0 atom stereocenters. The number of hydrogen-bond donors (Lipinski definition) is 1. The van der Waals surface area contributed by atoms with Gasteiger partial charge in [-0.2, -0.15) is 5.26 Å². The minimum atomic E-state index is -0.572. The molecule has 0 aromatic heterocycles. The highest BCUT2D eigenvalue weighted by molar-refractivity contribution is 6.05. The molecule has 0 fully saturated rings. The average molecular weight is 336 g/mol. The largest absolute Gasteiger partial charge is 0.482 e. The van der Waals surface area contributed by atoms with Crippen LogP contribution in [0, 0.1) is 11.3 Å². The number of ether oxygens (including phenoxy) is 1. The topological polar surface area (TPSA) is 79.2 Å². The highest BCUT2D eigenvalue weighted by Gasteiger charge is 2.15. The van der Waals surface area contributed by atoms with Crippen molar-refractivity contribution in [3.05, 3.63) is 65.2 Å². The molecule has 25 heavy (non-hydrogen) atoms. The van der Waals surface area contributed by atoms with Crippen LogP contribution < -0.4 is 10.1 Å². The number of imide groups is 1. The first-order chi connectivity index (χ1) is 11.8. The minimum absolute atomic E-state index is 0.00714. The van der Waals surface area contributed by atoms with E-state index in [1.54, 1.807) is 36.4 Å². The van der Waals surface area contributed by atoms with E-state index in [9.17, 15) is 9.59 Å². The van der Waals surface area contributed by atoms with Gasteiger partial charge in [0.15, 0.2) is 6.61 Å². The Morgan fingerprint density at radius 2 is 1.72 bits per heavy atom. The van der Waals surface area contributed by atoms with Gasteiger partial charge in [-0.3, -0.25) is 14.9 Å². The molecule has 0 spiro atoms. The van der Waals surface area contributed by atoms with Gasteiger partial charge in [0, 0.05) is 5.56 Å². The predicted molar refractivity (Wildman–Crippen MR) is 94.3 cm³/mol. The molecule has 2 amide bonds. The number of carbonyl (C=O) groups is 2. The minimum Gasteiger partial charge on any atom is -0.482 e. The van der Waals surface area contributed by atoms with Gasteiger partial charge in [0.2, 0.25) is 0 Å². The van der Waals surface area contributed by atoms with E-state index >= 15 is 0 Å². The number of nitrogens with one attached hydrogen (secondary N) is 1. The molecule has 0 aliphatic carbocycles. The van der Waals surface area contributed by atoms with E-state index < -0.39 is 11.8 Å². The van der Waals surface area contributed by atoms with Crippen LogP contribution in [0.3, 0.4) is 0 Å². The van der Waals surface area contributed by atoms with Gasteiger partial charge in [0.1, 0.15) is 11.8 Å². The Balaban J connectivity index is 1.94. The molecule has 0 heterocycles. The van der Waals surface area contributed by atoms with Crippen LogP contribution in [-0.4, -0.2) is 18.4 Å². The molecule has 0 bridgehead atoms. The molecule has 0 saturated heterocycles. The molecule has 0 aliphatic rings. The van der Waals surface area contributed by atoms with Gasteiger partial charge in [0.25, 0.3) is 11.8 Å². The summed E-state index contributed by atoms with van der Waals surface area (Å²) in [5.41, 5.74) is 1.83. The van der Waals surface area contributed by atoms with Gasteiger partial charge in [-0.1, -0.05) is 45.0 Å². The van der Waals surface area contributed by atoms with Gasteiger partial charge in [-0.25, -0.2) is 0 Å². The van der Waals surface area contributed by atoms with E-state index in [0.717, 1.165) is 5.56 Å². The van der Waals surface area contributed by atoms with E-state index in [1.165, 1.54) is 0 Å². The summed E-state index contributed by atoms with van der Waals surface area (Å²) in [7, 11) is 0. The maximum Gasteiger partial charge on any atom is 0.264 e. The lowest BCUT2D eigenvalue weighted by Crippen LogP contribution is -2.34. The molecule has 1 N–H and O–H groups in total. The van der Waals surface area contributed by atoms with E-state index in [4.69, 9.17) is 10.00 Å². The first-order valence-electron chi connectivity index (χ1n) is 7.88. The molecular formula is C20H20N2O3. The molecule has 128 valence electrons. The van der Waals surface area contributed by atoms with Gasteiger partial charge >= 0.3 is 0 Å². The second-order valence-electron chi connectivity index (χ2n) is 6.60. The van der Waals surface area contributed by atoms with E-state index in [0.29, 0.717) is 16.9 Å². The molecule has 5 heteroatoms. The second kappa shape index (κ2) is 7.63. The normalized spacial score (nSPS) is 10.6. The maximum atomic E-state index is 12.1. The lowest BCUT2D eigenvalue weighted by Gasteiger charge is -2.19. The Morgan fingerprint density at radius 1 is 1.08 bits per heavy atom. The molecule has 0 unspecified atom stereocenters. The summed E-state index contributed by atoms with van der Waals surface area (Å²) in [6.45, 7) is 5.91. The number of carbonyl (C=O) groups excluding carboxylic acids is 2. The molecule has 2 rings (SSSR count). The van der Waals surface area contributed by atoms with E-state index in [2.05, 4.69) is 26.1 Å². The summed E-state index contributed by atoms with van der Waals surface area (Å²) in [5, 5.41) is 11.2. The zero-order chi connectivity index (χ0) is 18.4. The monoisotopic (exact) mass is 336 g/mol. The lowest BCUT2D eigenvalue weighted by molar-refractivity contribution is -0.122. The summed E-state index contributed by atoms with van der Waals surface area (Å²) >= 11 is 0. The zero-order valence-corrected chi connectivity index (χ0v) is 14.5. The van der Waals surface area contributed by atoms with Crippen LogP contribution in [0.5, 0.6) is 5.75 Å². The van der Waals surface area contributed by atoms with Crippen molar-refractivity contribution in [3.63, 3.8) is 0 Å². The third-order valence-corrected chi connectivity index (χ3v) is 3.63. The fourth-order valence-corrected chi connectivity index (χ4v) is 2.18. The van der Waals surface area contributed by atoms with Crippen molar-refractivity contribution in [3.8, 4) is 11.8 Å². The maximum absolute atomic E-state index is 12.1. The Kier molecular flexibility index (Phi) is 5.56. The van der Waals surface area contributed by atoms with E-state index in [1.807, 2.05) is 18.2 Å². The van der Waals surface area contributed by atoms with Crippen molar-refractivity contribution in [1.29, 1.82) is 5.26 Å². The highest BCUT2D eigenvalue weighted by Crippen LogP contribution is 2.22. The SMILES string of the molecule is CC(C)(C)c1ccc(C(=O)NC(=O)COc2ccccc2C#N)cc1. The summed E-state index contributed by atoms with van der Waals surface area (Å²) in [6.07, 6.45) is 0. The Labute approximate surface area is 147 Å². The summed E-state index contributed by atoms with van der Waals surface area (Å²) in [5.74, 6) is -0.748. The van der Waals surface area contributed by atoms with Crippen LogP contribution in [0.1, 0.15) is 42.3 Å². The highest BCUT2D eigenvalue weighted by atomic mass is 16.5. The van der Waals surface area contributed by atoms with Crippen molar-refractivity contribution >= 4 is 11.8 Å². The fourth-order valence-electron chi connectivity index (χ4n) is 2.18. The molecule has 0 aliphatic heterocycles. The summed E-state index contributed by atoms with van der Waals surface area (Å²) in [6, 6.07) is 15.7. The zero-order valence-electron chi connectivity index (χ0n) is 14.5. The molecule has 0 radical (unpaired) electrons. The number of benzene rings is 2. The third kappa shape index (κ3) is 4.92. The van der Waals surface area contributed by atoms with Crippen LogP contribution in [0.2, 0.25) is 0 Å². The Bertz CT molecular complexity index is 812. The summed E-state index contributed by atoms with van der Waals surface area (Å²) < 4.78 is 5.30.